The summed E-state index contributed by atoms with van der Waals surface area (Å²) in [5.74, 6) is 1.83. The first kappa shape index (κ1) is 27.2. The standard InChI is InChI=1S/C32H30N2O5S/c1-20(21-11-16-27(37-2)28(19-21)38-3)33-17-18-39-23-14-12-22(13-15-23)34-32(36)26-9-6-8-25-30(35)24-7-4-5-10-29(24)40-31(25)26/h4-16,19-20,33H,17-18H2,1-3H3,(H,34,36). The number of carbonyl (C=O) groups excluding carboxylic acids is 1. The van der Waals surface area contributed by atoms with Gasteiger partial charge in [-0.25, -0.2) is 0 Å². The summed E-state index contributed by atoms with van der Waals surface area (Å²) in [4.78, 5) is 26.1. The number of benzene rings is 4. The van der Waals surface area contributed by atoms with Gasteiger partial charge in [0, 0.05) is 33.7 Å². The topological polar surface area (TPSA) is 85.9 Å². The van der Waals surface area contributed by atoms with E-state index in [4.69, 9.17) is 14.2 Å². The van der Waals surface area contributed by atoms with Crippen LogP contribution in [0.25, 0.3) is 20.2 Å². The van der Waals surface area contributed by atoms with E-state index in [0.717, 1.165) is 10.3 Å². The molecule has 4 aromatic carbocycles. The van der Waals surface area contributed by atoms with Gasteiger partial charge < -0.3 is 24.8 Å². The van der Waals surface area contributed by atoms with E-state index >= 15 is 0 Å². The van der Waals surface area contributed by atoms with Crippen LogP contribution < -0.4 is 30.3 Å². The van der Waals surface area contributed by atoms with E-state index < -0.39 is 0 Å². The SMILES string of the molecule is COc1ccc(C(C)NCCOc2ccc(NC(=O)c3cccc4c(=O)c5ccccc5sc34)cc2)cc1OC. The molecule has 5 rings (SSSR count). The Morgan fingerprint density at radius 3 is 2.40 bits per heavy atom. The Morgan fingerprint density at radius 1 is 0.875 bits per heavy atom. The van der Waals surface area contributed by atoms with E-state index in [1.807, 2.05) is 54.6 Å². The molecule has 40 heavy (non-hydrogen) atoms. The van der Waals surface area contributed by atoms with Crippen molar-refractivity contribution in [2.45, 2.75) is 13.0 Å². The van der Waals surface area contributed by atoms with Crippen molar-refractivity contribution in [2.75, 3.05) is 32.7 Å². The molecule has 0 saturated heterocycles. The average molecular weight is 555 g/mol. The highest BCUT2D eigenvalue weighted by Crippen LogP contribution is 2.30. The van der Waals surface area contributed by atoms with Crippen LogP contribution in [-0.4, -0.2) is 33.3 Å². The van der Waals surface area contributed by atoms with Crippen LogP contribution in [0.15, 0.2) is 89.7 Å². The summed E-state index contributed by atoms with van der Waals surface area (Å²) in [5.41, 5.74) is 2.14. The fraction of sp³-hybridized carbons (Fsp3) is 0.188. The number of hydrogen-bond acceptors (Lipinski definition) is 7. The maximum atomic E-state index is 13.2. The second kappa shape index (κ2) is 12.2. The molecule has 0 spiro atoms. The monoisotopic (exact) mass is 554 g/mol. The fourth-order valence-corrected chi connectivity index (χ4v) is 5.70. The lowest BCUT2D eigenvalue weighted by Crippen LogP contribution is -2.24. The molecule has 2 N–H and O–H groups in total. The molecule has 0 bridgehead atoms. The first-order valence-electron chi connectivity index (χ1n) is 12.9. The van der Waals surface area contributed by atoms with Crippen LogP contribution >= 0.6 is 11.3 Å². The smallest absolute Gasteiger partial charge is 0.257 e. The molecular weight excluding hydrogens is 524 g/mol. The third-order valence-electron chi connectivity index (χ3n) is 6.69. The van der Waals surface area contributed by atoms with Gasteiger partial charge in [-0.05, 0) is 73.2 Å². The molecule has 0 aliphatic rings. The molecule has 1 heterocycles. The van der Waals surface area contributed by atoms with Gasteiger partial charge in [0.1, 0.15) is 12.4 Å². The highest BCUT2D eigenvalue weighted by molar-refractivity contribution is 7.24. The molecule has 7 nitrogen and oxygen atoms in total. The fourth-order valence-electron chi connectivity index (χ4n) is 4.52. The van der Waals surface area contributed by atoms with E-state index in [0.29, 0.717) is 57.1 Å². The van der Waals surface area contributed by atoms with Gasteiger partial charge in [0.15, 0.2) is 16.9 Å². The molecule has 8 heteroatoms. The van der Waals surface area contributed by atoms with Gasteiger partial charge in [0.25, 0.3) is 5.91 Å². The molecule has 1 atom stereocenters. The summed E-state index contributed by atoms with van der Waals surface area (Å²) in [7, 11) is 3.24. The van der Waals surface area contributed by atoms with Crippen LogP contribution in [0.3, 0.4) is 0 Å². The Bertz CT molecular complexity index is 1720. The molecule has 0 fully saturated rings. The van der Waals surface area contributed by atoms with Crippen molar-refractivity contribution < 1.29 is 19.0 Å². The summed E-state index contributed by atoms with van der Waals surface area (Å²) in [6.07, 6.45) is 0. The van der Waals surface area contributed by atoms with Gasteiger partial charge in [-0.2, -0.15) is 0 Å². The quantitative estimate of drug-likeness (QED) is 0.153. The highest BCUT2D eigenvalue weighted by Gasteiger charge is 2.15. The number of nitrogens with one attached hydrogen (secondary N) is 2. The Labute approximate surface area is 236 Å². The number of carbonyl (C=O) groups is 1. The molecule has 1 unspecified atom stereocenters. The predicted molar refractivity (Wildman–Crippen MR) is 161 cm³/mol. The molecule has 0 radical (unpaired) electrons. The zero-order valence-electron chi connectivity index (χ0n) is 22.5. The van der Waals surface area contributed by atoms with Crippen molar-refractivity contribution in [3.05, 3.63) is 106 Å². The van der Waals surface area contributed by atoms with Crippen LogP contribution in [-0.2, 0) is 0 Å². The lowest BCUT2D eigenvalue weighted by molar-refractivity contribution is 0.102. The Balaban J connectivity index is 1.18. The summed E-state index contributed by atoms with van der Waals surface area (Å²) in [6.45, 7) is 3.20. The zero-order chi connectivity index (χ0) is 28.1. The number of methoxy groups -OCH3 is 2. The molecule has 1 amide bonds. The number of anilines is 1. The Morgan fingerprint density at radius 2 is 1.62 bits per heavy atom. The van der Waals surface area contributed by atoms with E-state index in [1.165, 1.54) is 11.3 Å². The minimum absolute atomic E-state index is 0.0619. The maximum absolute atomic E-state index is 13.2. The van der Waals surface area contributed by atoms with Crippen LogP contribution in [0, 0.1) is 0 Å². The Kier molecular flexibility index (Phi) is 8.28. The molecule has 0 aliphatic carbocycles. The summed E-state index contributed by atoms with van der Waals surface area (Å²) < 4.78 is 18.1. The second-order valence-corrected chi connectivity index (χ2v) is 10.3. The Hall–Kier alpha value is -4.40. The van der Waals surface area contributed by atoms with Crippen molar-refractivity contribution in [1.82, 2.24) is 5.32 Å². The van der Waals surface area contributed by atoms with Crippen LogP contribution in [0.4, 0.5) is 5.69 Å². The normalized spacial score (nSPS) is 11.8. The molecule has 1 aromatic heterocycles. The molecule has 204 valence electrons. The molecule has 0 saturated carbocycles. The average Bonchev–Trinajstić information content (AvgIpc) is 2.99. The zero-order valence-corrected chi connectivity index (χ0v) is 23.3. The maximum Gasteiger partial charge on any atom is 0.257 e. The molecular formula is C32H30N2O5S. The van der Waals surface area contributed by atoms with Crippen molar-refractivity contribution in [1.29, 1.82) is 0 Å². The largest absolute Gasteiger partial charge is 0.493 e. The van der Waals surface area contributed by atoms with Gasteiger partial charge in [-0.3, -0.25) is 9.59 Å². The third-order valence-corrected chi connectivity index (χ3v) is 7.91. The van der Waals surface area contributed by atoms with E-state index in [9.17, 15) is 9.59 Å². The highest BCUT2D eigenvalue weighted by atomic mass is 32.1. The van der Waals surface area contributed by atoms with E-state index in [1.54, 1.807) is 44.6 Å². The third kappa shape index (κ3) is 5.78. The lowest BCUT2D eigenvalue weighted by Gasteiger charge is -2.17. The van der Waals surface area contributed by atoms with Gasteiger partial charge in [0.05, 0.1) is 24.5 Å². The number of rotatable bonds is 10. The van der Waals surface area contributed by atoms with Crippen molar-refractivity contribution in [3.63, 3.8) is 0 Å². The summed E-state index contributed by atoms with van der Waals surface area (Å²) in [6, 6.07) is 25.9. The van der Waals surface area contributed by atoms with E-state index in [2.05, 4.69) is 17.6 Å². The van der Waals surface area contributed by atoms with Gasteiger partial charge >= 0.3 is 0 Å². The minimum atomic E-state index is -0.265. The van der Waals surface area contributed by atoms with Crippen molar-refractivity contribution in [3.8, 4) is 17.2 Å². The number of hydrogen-bond donors (Lipinski definition) is 2. The second-order valence-electron chi connectivity index (χ2n) is 9.23. The first-order chi connectivity index (χ1) is 19.5. The van der Waals surface area contributed by atoms with Crippen LogP contribution in [0.2, 0.25) is 0 Å². The van der Waals surface area contributed by atoms with Gasteiger partial charge in [0.2, 0.25) is 0 Å². The van der Waals surface area contributed by atoms with Crippen molar-refractivity contribution in [2.24, 2.45) is 0 Å². The minimum Gasteiger partial charge on any atom is -0.493 e. The molecule has 5 aromatic rings. The molecule has 0 aliphatic heterocycles. The van der Waals surface area contributed by atoms with Crippen LogP contribution in [0.1, 0.15) is 28.9 Å². The van der Waals surface area contributed by atoms with Crippen molar-refractivity contribution >= 4 is 43.1 Å². The van der Waals surface area contributed by atoms with Crippen LogP contribution in [0.5, 0.6) is 17.2 Å². The number of amides is 1. The summed E-state index contributed by atoms with van der Waals surface area (Å²) in [5, 5.41) is 7.60. The summed E-state index contributed by atoms with van der Waals surface area (Å²) >= 11 is 1.45. The van der Waals surface area contributed by atoms with E-state index in [-0.39, 0.29) is 17.4 Å². The number of ether oxygens (including phenoxy) is 3. The first-order valence-corrected chi connectivity index (χ1v) is 13.7. The van der Waals surface area contributed by atoms with Gasteiger partial charge in [-0.15, -0.1) is 11.3 Å². The predicted octanol–water partition coefficient (Wildman–Crippen LogP) is 6.41. The number of fused-ring (bicyclic) bond motifs is 2. The lowest BCUT2D eigenvalue weighted by atomic mass is 10.1. The van der Waals surface area contributed by atoms with Gasteiger partial charge in [-0.1, -0.05) is 24.3 Å².